The Kier molecular flexibility index (Phi) is 6.51. The van der Waals surface area contributed by atoms with E-state index < -0.39 is 17.2 Å². The number of rotatable bonds is 8. The molecular weight excluding hydrogens is 430 g/mol. The van der Waals surface area contributed by atoms with Gasteiger partial charge in [-0.3, -0.25) is 4.79 Å². The molecule has 2 aliphatic carbocycles. The molecule has 4 rings (SSSR count). The number of carbonyl (C=O) groups is 1. The van der Waals surface area contributed by atoms with E-state index in [1.54, 1.807) is 19.2 Å². The number of nitrogens with zero attached hydrogens (tertiary/aromatic N) is 3. The van der Waals surface area contributed by atoms with E-state index in [2.05, 4.69) is 20.3 Å². The molecule has 1 unspecified atom stereocenters. The van der Waals surface area contributed by atoms with Gasteiger partial charge in [-0.2, -0.15) is 0 Å². The van der Waals surface area contributed by atoms with Crippen LogP contribution in [0.3, 0.4) is 0 Å². The van der Waals surface area contributed by atoms with Crippen molar-refractivity contribution in [2.75, 3.05) is 19.0 Å². The number of methoxy groups -OCH3 is 1. The van der Waals surface area contributed by atoms with Crippen molar-refractivity contribution in [1.29, 1.82) is 0 Å². The molecule has 0 saturated heterocycles. The summed E-state index contributed by atoms with van der Waals surface area (Å²) in [6.45, 7) is 3.90. The van der Waals surface area contributed by atoms with E-state index in [-0.39, 0.29) is 43.1 Å². The van der Waals surface area contributed by atoms with Crippen LogP contribution in [0.4, 0.5) is 14.6 Å². The summed E-state index contributed by atoms with van der Waals surface area (Å²) < 4.78 is 39.0. The van der Waals surface area contributed by atoms with E-state index in [4.69, 9.17) is 9.47 Å². The lowest BCUT2D eigenvalue weighted by Crippen LogP contribution is -2.30. The molecule has 33 heavy (non-hydrogen) atoms. The molecule has 2 aromatic heterocycles. The van der Waals surface area contributed by atoms with Crippen molar-refractivity contribution in [3.8, 4) is 5.75 Å². The maximum absolute atomic E-state index is 14.1. The maximum Gasteiger partial charge on any atom is 0.229 e. The molecule has 0 aliphatic heterocycles. The van der Waals surface area contributed by atoms with E-state index >= 15 is 0 Å². The molecule has 2 heterocycles. The third-order valence-corrected chi connectivity index (χ3v) is 6.25. The lowest BCUT2D eigenvalue weighted by Gasteiger charge is -2.27. The van der Waals surface area contributed by atoms with Crippen LogP contribution >= 0.6 is 0 Å². The number of nitrogens with one attached hydrogen (secondary N) is 1. The second-order valence-electron chi connectivity index (χ2n) is 8.54. The topological polar surface area (TPSA) is 86.2 Å². The second-order valence-corrected chi connectivity index (χ2v) is 8.54. The Morgan fingerprint density at radius 3 is 2.82 bits per heavy atom. The van der Waals surface area contributed by atoms with E-state index in [9.17, 15) is 13.6 Å². The SMILES string of the molecule is COCc1cc(NC(=O)[C@@H]2C[C@@]2(COc2cnc(C)nc2C)C2C=CC=C(F)C2)ncc1F. The van der Waals surface area contributed by atoms with Crippen LogP contribution in [0.15, 0.2) is 42.5 Å². The Bertz CT molecular complexity index is 1120. The third kappa shape index (κ3) is 4.93. The Morgan fingerprint density at radius 1 is 1.27 bits per heavy atom. The highest BCUT2D eigenvalue weighted by molar-refractivity contribution is 5.94. The predicted molar refractivity (Wildman–Crippen MR) is 118 cm³/mol. The van der Waals surface area contributed by atoms with Crippen LogP contribution in [-0.2, 0) is 16.1 Å². The van der Waals surface area contributed by atoms with Crippen LogP contribution in [-0.4, -0.2) is 34.6 Å². The van der Waals surface area contributed by atoms with Crippen molar-refractivity contribution in [1.82, 2.24) is 15.0 Å². The van der Waals surface area contributed by atoms with Gasteiger partial charge in [0.15, 0.2) is 5.75 Å². The number of allylic oxidation sites excluding steroid dienone is 4. The van der Waals surface area contributed by atoms with Crippen LogP contribution in [0.1, 0.15) is 29.9 Å². The van der Waals surface area contributed by atoms with Crippen LogP contribution < -0.4 is 10.1 Å². The molecular formula is C24H26F2N4O3. The minimum Gasteiger partial charge on any atom is -0.489 e. The van der Waals surface area contributed by atoms with E-state index in [1.807, 2.05) is 13.0 Å². The van der Waals surface area contributed by atoms with Gasteiger partial charge in [0, 0.05) is 30.4 Å². The zero-order chi connectivity index (χ0) is 23.6. The predicted octanol–water partition coefficient (Wildman–Crippen LogP) is 4.23. The largest absolute Gasteiger partial charge is 0.489 e. The molecule has 1 saturated carbocycles. The molecule has 1 amide bonds. The molecule has 7 nitrogen and oxygen atoms in total. The molecule has 0 bridgehead atoms. The monoisotopic (exact) mass is 456 g/mol. The van der Waals surface area contributed by atoms with Crippen molar-refractivity contribution in [2.45, 2.75) is 33.3 Å². The number of amides is 1. The fourth-order valence-electron chi connectivity index (χ4n) is 4.34. The number of aryl methyl sites for hydroxylation is 2. The summed E-state index contributed by atoms with van der Waals surface area (Å²) in [5.41, 5.74) is 0.412. The Balaban J connectivity index is 1.52. The summed E-state index contributed by atoms with van der Waals surface area (Å²) >= 11 is 0. The van der Waals surface area contributed by atoms with Crippen molar-refractivity contribution in [3.05, 3.63) is 65.4 Å². The molecule has 174 valence electrons. The number of hydrogen-bond donors (Lipinski definition) is 1. The molecule has 1 N–H and O–H groups in total. The number of hydrogen-bond acceptors (Lipinski definition) is 6. The molecule has 3 atom stereocenters. The number of ether oxygens (including phenoxy) is 2. The maximum atomic E-state index is 14.1. The fraction of sp³-hybridized carbons (Fsp3) is 0.417. The fourth-order valence-corrected chi connectivity index (χ4v) is 4.34. The average molecular weight is 456 g/mol. The standard InChI is InChI=1S/C24H26F2N4O3/c1-14-21(11-27-15(2)29-14)33-13-24(17-5-4-6-18(25)8-17)9-19(24)23(31)30-22-7-16(12-32-3)20(26)10-28-22/h4-7,10-11,17,19H,8-9,12-13H2,1-3H3,(H,28,30,31)/t17?,19-,24+/m0/s1. The van der Waals surface area contributed by atoms with Crippen LogP contribution in [0.25, 0.3) is 0 Å². The molecule has 1 fully saturated rings. The van der Waals surface area contributed by atoms with E-state index in [1.165, 1.54) is 19.3 Å². The van der Waals surface area contributed by atoms with Gasteiger partial charge in [0.25, 0.3) is 0 Å². The summed E-state index contributed by atoms with van der Waals surface area (Å²) in [5, 5.41) is 2.77. The van der Waals surface area contributed by atoms with Crippen LogP contribution in [0.2, 0.25) is 0 Å². The average Bonchev–Trinajstić information content (AvgIpc) is 3.52. The highest BCUT2D eigenvalue weighted by atomic mass is 19.1. The first-order valence-electron chi connectivity index (χ1n) is 10.7. The first-order chi connectivity index (χ1) is 15.8. The molecule has 0 aromatic carbocycles. The van der Waals surface area contributed by atoms with Crippen LogP contribution in [0, 0.1) is 36.9 Å². The van der Waals surface area contributed by atoms with Crippen LogP contribution in [0.5, 0.6) is 5.75 Å². The van der Waals surface area contributed by atoms with Gasteiger partial charge in [-0.15, -0.1) is 0 Å². The summed E-state index contributed by atoms with van der Waals surface area (Å²) in [4.78, 5) is 25.6. The molecule has 9 heteroatoms. The summed E-state index contributed by atoms with van der Waals surface area (Å²) in [7, 11) is 1.46. The molecule has 0 radical (unpaired) electrons. The highest BCUT2D eigenvalue weighted by Crippen LogP contribution is 2.60. The van der Waals surface area contributed by atoms with Gasteiger partial charge >= 0.3 is 0 Å². The number of carbonyl (C=O) groups excluding carboxylic acids is 1. The van der Waals surface area contributed by atoms with Gasteiger partial charge in [-0.1, -0.05) is 12.2 Å². The Morgan fingerprint density at radius 2 is 2.09 bits per heavy atom. The van der Waals surface area contributed by atoms with Gasteiger partial charge in [0.05, 0.1) is 31.3 Å². The zero-order valence-electron chi connectivity index (χ0n) is 18.8. The quantitative estimate of drug-likeness (QED) is 0.640. The second kappa shape index (κ2) is 9.35. The first kappa shape index (κ1) is 23.0. The Labute approximate surface area is 191 Å². The van der Waals surface area contributed by atoms with Gasteiger partial charge in [-0.25, -0.2) is 23.7 Å². The van der Waals surface area contributed by atoms with E-state index in [0.717, 1.165) is 6.20 Å². The van der Waals surface area contributed by atoms with Gasteiger partial charge < -0.3 is 14.8 Å². The molecule has 2 aliphatic rings. The first-order valence-corrected chi connectivity index (χ1v) is 10.7. The normalized spacial score (nSPS) is 23.7. The molecule has 0 spiro atoms. The smallest absolute Gasteiger partial charge is 0.229 e. The third-order valence-electron chi connectivity index (χ3n) is 6.25. The van der Waals surface area contributed by atoms with Gasteiger partial charge in [0.1, 0.15) is 23.3 Å². The number of pyridine rings is 1. The van der Waals surface area contributed by atoms with Crippen molar-refractivity contribution < 1.29 is 23.0 Å². The Hall–Kier alpha value is -3.20. The van der Waals surface area contributed by atoms with Crippen molar-refractivity contribution in [3.63, 3.8) is 0 Å². The number of halogens is 2. The zero-order valence-corrected chi connectivity index (χ0v) is 18.8. The van der Waals surface area contributed by atoms with Crippen molar-refractivity contribution >= 4 is 11.7 Å². The number of anilines is 1. The van der Waals surface area contributed by atoms with E-state index in [0.29, 0.717) is 29.3 Å². The minimum absolute atomic E-state index is 0.0644. The minimum atomic E-state index is -0.584. The van der Waals surface area contributed by atoms with Gasteiger partial charge in [0.2, 0.25) is 5.91 Å². The lowest BCUT2D eigenvalue weighted by atomic mass is 9.82. The molecule has 2 aromatic rings. The van der Waals surface area contributed by atoms with Crippen molar-refractivity contribution in [2.24, 2.45) is 17.3 Å². The lowest BCUT2D eigenvalue weighted by molar-refractivity contribution is -0.118. The highest BCUT2D eigenvalue weighted by Gasteiger charge is 2.62. The summed E-state index contributed by atoms with van der Waals surface area (Å²) in [6.07, 6.45) is 8.43. The summed E-state index contributed by atoms with van der Waals surface area (Å²) in [5.74, 6) is -0.199. The summed E-state index contributed by atoms with van der Waals surface area (Å²) in [6, 6.07) is 1.45. The van der Waals surface area contributed by atoms with Gasteiger partial charge in [-0.05, 0) is 38.3 Å². The number of aromatic nitrogens is 3.